The number of rotatable bonds is 4. The molecule has 1 aromatic rings. The number of hydrogen-bond donors (Lipinski definition) is 1. The summed E-state index contributed by atoms with van der Waals surface area (Å²) in [6.07, 6.45) is 9.28. The molecule has 1 saturated heterocycles. The molecule has 1 saturated carbocycles. The molecule has 5 rings (SSSR count). The van der Waals surface area contributed by atoms with E-state index in [0.717, 1.165) is 43.4 Å². The highest BCUT2D eigenvalue weighted by molar-refractivity contribution is 5.93. The molecule has 178 valence electrons. The summed E-state index contributed by atoms with van der Waals surface area (Å²) in [4.78, 5) is 12.2. The van der Waals surface area contributed by atoms with E-state index in [4.69, 9.17) is 9.47 Å². The average Bonchev–Trinajstić information content (AvgIpc) is 2.96. The van der Waals surface area contributed by atoms with E-state index >= 15 is 0 Å². The molecule has 3 unspecified atom stereocenters. The quantitative estimate of drug-likeness (QED) is 0.561. The highest BCUT2D eigenvalue weighted by atomic mass is 16.5. The number of ketones is 1. The number of carbonyl (C=O) groups is 1. The van der Waals surface area contributed by atoms with Gasteiger partial charge in [0.1, 0.15) is 11.9 Å². The predicted molar refractivity (Wildman–Crippen MR) is 131 cm³/mol. The van der Waals surface area contributed by atoms with Crippen molar-refractivity contribution in [2.24, 2.45) is 17.3 Å². The van der Waals surface area contributed by atoms with Crippen LogP contribution >= 0.6 is 0 Å². The van der Waals surface area contributed by atoms with E-state index in [2.05, 4.69) is 25.6 Å². The summed E-state index contributed by atoms with van der Waals surface area (Å²) < 4.78 is 12.1. The Balaban J connectivity index is 0.00000259. The van der Waals surface area contributed by atoms with Crippen LogP contribution in [0.4, 0.5) is 0 Å². The summed E-state index contributed by atoms with van der Waals surface area (Å²) >= 11 is 0. The largest absolute Gasteiger partial charge is 0.497 e. The molecular formula is C29H38O4. The van der Waals surface area contributed by atoms with Crippen molar-refractivity contribution in [1.29, 1.82) is 0 Å². The predicted octanol–water partition coefficient (Wildman–Crippen LogP) is 6.12. The minimum absolute atomic E-state index is 0. The topological polar surface area (TPSA) is 55.8 Å². The first kappa shape index (κ1) is 24.0. The van der Waals surface area contributed by atoms with Gasteiger partial charge in [-0.05, 0) is 90.9 Å². The third-order valence-corrected chi connectivity index (χ3v) is 8.79. The Morgan fingerprint density at radius 3 is 2.67 bits per heavy atom. The summed E-state index contributed by atoms with van der Waals surface area (Å²) in [5, 5.41) is 11.7. The van der Waals surface area contributed by atoms with Crippen LogP contribution in [0.1, 0.15) is 71.0 Å². The number of benzene rings is 1. The molecule has 1 aliphatic heterocycles. The highest BCUT2D eigenvalue weighted by Crippen LogP contribution is 2.62. The zero-order valence-electron chi connectivity index (χ0n) is 19.2. The number of hydrogen-bond acceptors (Lipinski definition) is 4. The fraction of sp³-hybridized carbons (Fsp3) is 0.552. The number of aliphatic hydroxyl groups is 1. The summed E-state index contributed by atoms with van der Waals surface area (Å²) in [6.45, 7) is 6.66. The smallest absolute Gasteiger partial charge is 0.156 e. The summed E-state index contributed by atoms with van der Waals surface area (Å²) in [6, 6.07) is 8.17. The van der Waals surface area contributed by atoms with Crippen LogP contribution in [-0.4, -0.2) is 30.2 Å². The Bertz CT molecular complexity index is 987. The second kappa shape index (κ2) is 8.88. The summed E-state index contributed by atoms with van der Waals surface area (Å²) in [5.41, 5.74) is 3.90. The second-order valence-corrected chi connectivity index (χ2v) is 10.3. The average molecular weight is 451 g/mol. The maximum atomic E-state index is 12.2. The van der Waals surface area contributed by atoms with Gasteiger partial charge >= 0.3 is 0 Å². The third-order valence-electron chi connectivity index (χ3n) is 8.79. The molecule has 0 radical (unpaired) electrons. The van der Waals surface area contributed by atoms with Crippen LogP contribution in [0.3, 0.4) is 0 Å². The molecule has 3 aliphatic carbocycles. The van der Waals surface area contributed by atoms with Crippen molar-refractivity contribution < 1.29 is 19.4 Å². The Labute approximate surface area is 198 Å². The monoisotopic (exact) mass is 450 g/mol. The lowest BCUT2D eigenvalue weighted by atomic mass is 9.61. The molecule has 1 N–H and O–H groups in total. The molecule has 4 heteroatoms. The molecule has 1 aromatic carbocycles. The summed E-state index contributed by atoms with van der Waals surface area (Å²) in [5.74, 6) is 1.78. The van der Waals surface area contributed by atoms with E-state index in [1.165, 1.54) is 16.7 Å². The SMILES string of the molecule is C.C=CC[C@]1(O)CCC2C3CCC4=CC(=O)CCC4=C3C(c3ccc(OC)cc3)OC[C@@]21C. The van der Waals surface area contributed by atoms with Gasteiger partial charge in [0.15, 0.2) is 5.78 Å². The molecule has 0 amide bonds. The van der Waals surface area contributed by atoms with Crippen molar-refractivity contribution in [2.75, 3.05) is 13.7 Å². The molecule has 2 fully saturated rings. The lowest BCUT2D eigenvalue weighted by Gasteiger charge is -2.44. The van der Waals surface area contributed by atoms with E-state index in [1.807, 2.05) is 24.3 Å². The molecule has 0 spiro atoms. The van der Waals surface area contributed by atoms with Crippen molar-refractivity contribution in [3.8, 4) is 5.75 Å². The van der Waals surface area contributed by atoms with Crippen LogP contribution in [0.5, 0.6) is 5.75 Å². The van der Waals surface area contributed by atoms with E-state index < -0.39 is 5.60 Å². The van der Waals surface area contributed by atoms with Crippen LogP contribution in [0, 0.1) is 17.3 Å². The standard InChI is InChI=1S/C28H34O4.CH4/c1-4-14-28(30)15-13-24-23-11-7-19-16-20(29)8-12-22(19)25(23)26(32-17-27(24,28)2)18-5-9-21(31-3)10-6-18;/h4-6,9-10,16,23-24,26,30H,1,7-8,11-15,17H2,2-3H3;1H4/t23?,24?,26?,27-,28-;/m0./s1. The van der Waals surface area contributed by atoms with E-state index in [-0.39, 0.29) is 24.7 Å². The van der Waals surface area contributed by atoms with E-state index in [0.29, 0.717) is 31.3 Å². The Hall–Kier alpha value is -2.17. The molecule has 4 aliphatic rings. The van der Waals surface area contributed by atoms with E-state index in [1.54, 1.807) is 7.11 Å². The molecule has 5 atom stereocenters. The third kappa shape index (κ3) is 3.72. The van der Waals surface area contributed by atoms with E-state index in [9.17, 15) is 9.90 Å². The van der Waals surface area contributed by atoms with Crippen LogP contribution < -0.4 is 4.74 Å². The number of allylic oxidation sites excluding steroid dienone is 3. The molecule has 4 nitrogen and oxygen atoms in total. The van der Waals surface area contributed by atoms with Gasteiger partial charge in [-0.15, -0.1) is 6.58 Å². The van der Waals surface area contributed by atoms with Gasteiger partial charge in [0.2, 0.25) is 0 Å². The van der Waals surface area contributed by atoms with Gasteiger partial charge in [-0.3, -0.25) is 4.79 Å². The van der Waals surface area contributed by atoms with Gasteiger partial charge in [-0.25, -0.2) is 0 Å². The normalized spacial score (nSPS) is 35.4. The fourth-order valence-electron chi connectivity index (χ4n) is 6.98. The molecule has 0 aromatic heterocycles. The van der Waals surface area contributed by atoms with Gasteiger partial charge in [0.05, 0.1) is 19.3 Å². The first-order valence-electron chi connectivity index (χ1n) is 12.0. The van der Waals surface area contributed by atoms with Crippen molar-refractivity contribution in [2.45, 2.75) is 71.0 Å². The number of methoxy groups -OCH3 is 1. The molecule has 0 bridgehead atoms. The first-order chi connectivity index (χ1) is 15.4. The maximum Gasteiger partial charge on any atom is 0.156 e. The molecular weight excluding hydrogens is 412 g/mol. The van der Waals surface area contributed by atoms with Crippen LogP contribution in [0.15, 0.2) is 59.7 Å². The Morgan fingerprint density at radius 2 is 1.97 bits per heavy atom. The van der Waals surface area contributed by atoms with Gasteiger partial charge in [0.25, 0.3) is 0 Å². The maximum absolute atomic E-state index is 12.2. The van der Waals surface area contributed by atoms with Crippen LogP contribution in [0.2, 0.25) is 0 Å². The van der Waals surface area contributed by atoms with Gasteiger partial charge < -0.3 is 14.6 Å². The fourth-order valence-corrected chi connectivity index (χ4v) is 6.98. The Morgan fingerprint density at radius 1 is 1.21 bits per heavy atom. The minimum Gasteiger partial charge on any atom is -0.497 e. The zero-order chi connectivity index (χ0) is 22.5. The number of carbonyl (C=O) groups excluding carboxylic acids is 1. The van der Waals surface area contributed by atoms with Crippen LogP contribution in [0.25, 0.3) is 0 Å². The minimum atomic E-state index is -0.789. The Kier molecular flexibility index (Phi) is 6.45. The van der Waals surface area contributed by atoms with Crippen molar-refractivity contribution in [1.82, 2.24) is 0 Å². The van der Waals surface area contributed by atoms with Crippen molar-refractivity contribution in [3.63, 3.8) is 0 Å². The molecule has 33 heavy (non-hydrogen) atoms. The van der Waals surface area contributed by atoms with Crippen molar-refractivity contribution in [3.05, 3.63) is 65.3 Å². The van der Waals surface area contributed by atoms with Crippen molar-refractivity contribution >= 4 is 5.78 Å². The summed E-state index contributed by atoms with van der Waals surface area (Å²) in [7, 11) is 1.68. The lowest BCUT2D eigenvalue weighted by Crippen LogP contribution is -2.48. The number of ether oxygens (including phenoxy) is 2. The lowest BCUT2D eigenvalue weighted by molar-refractivity contribution is -0.114. The first-order valence-corrected chi connectivity index (χ1v) is 12.0. The zero-order valence-corrected chi connectivity index (χ0v) is 19.2. The van der Waals surface area contributed by atoms with Gasteiger partial charge in [-0.1, -0.05) is 32.6 Å². The molecule has 1 heterocycles. The number of fused-ring (bicyclic) bond motifs is 4. The van der Waals surface area contributed by atoms with Crippen LogP contribution in [-0.2, 0) is 9.53 Å². The van der Waals surface area contributed by atoms with Gasteiger partial charge in [0, 0.05) is 11.8 Å². The highest BCUT2D eigenvalue weighted by Gasteiger charge is 2.60. The van der Waals surface area contributed by atoms with Gasteiger partial charge in [-0.2, -0.15) is 0 Å². The second-order valence-electron chi connectivity index (χ2n) is 10.3.